The second-order valence-electron chi connectivity index (χ2n) is 10.9. The number of aryl methyl sites for hydroxylation is 1. The second-order valence-corrected chi connectivity index (χ2v) is 10.9. The average Bonchev–Trinajstić information content (AvgIpc) is 2.86. The minimum absolute atomic E-state index is 0.105. The number of benzene rings is 2. The third kappa shape index (κ3) is 10.3. The molecule has 2 rings (SSSR count). The van der Waals surface area contributed by atoms with Crippen LogP contribution >= 0.6 is 0 Å². The molecule has 0 spiro atoms. The Morgan fingerprint density at radius 1 is 0.974 bits per heavy atom. The lowest BCUT2D eigenvalue weighted by atomic mass is 9.97. The molecule has 214 valence electrons. The first-order valence-corrected chi connectivity index (χ1v) is 13.9. The Balaban J connectivity index is 2.48. The second kappa shape index (κ2) is 15.1. The normalized spacial score (nSPS) is 12.8. The van der Waals surface area contributed by atoms with E-state index < -0.39 is 23.8 Å². The van der Waals surface area contributed by atoms with Crippen LogP contribution in [0.2, 0.25) is 0 Å². The Hall–Kier alpha value is -3.55. The van der Waals surface area contributed by atoms with Crippen molar-refractivity contribution in [1.29, 1.82) is 0 Å². The van der Waals surface area contributed by atoms with Crippen molar-refractivity contribution < 1.29 is 24.2 Å². The third-order valence-corrected chi connectivity index (χ3v) is 6.24. The summed E-state index contributed by atoms with van der Waals surface area (Å²) in [5, 5.41) is 15.5. The molecule has 0 saturated heterocycles. The number of phenolic OH excluding ortho intramolecular Hbond substituents is 1. The van der Waals surface area contributed by atoms with Gasteiger partial charge in [-0.25, -0.2) is 4.79 Å². The largest absolute Gasteiger partial charge is 0.508 e. The first-order valence-electron chi connectivity index (χ1n) is 13.9. The van der Waals surface area contributed by atoms with Crippen LogP contribution in [0.15, 0.2) is 48.5 Å². The SMILES string of the molecule is CCCCCNC(=O)C(c1ccccc1C)N(CCC)C(=O)C(Cc1ccc(O)cc1)NC(=O)OC(C)(C)C. The molecule has 3 N–H and O–H groups in total. The number of aromatic hydroxyl groups is 1. The Labute approximate surface area is 233 Å². The minimum atomic E-state index is -0.990. The molecule has 3 amide bonds. The third-order valence-electron chi connectivity index (χ3n) is 6.24. The monoisotopic (exact) mass is 539 g/mol. The highest BCUT2D eigenvalue weighted by Gasteiger charge is 2.36. The Bertz CT molecular complexity index is 1080. The van der Waals surface area contributed by atoms with Gasteiger partial charge in [-0.3, -0.25) is 9.59 Å². The Kier molecular flexibility index (Phi) is 12.3. The van der Waals surface area contributed by atoms with E-state index in [1.165, 1.54) is 12.1 Å². The standard InChI is InChI=1S/C31H45N3O5/c1-7-9-12-19-32-28(36)27(25-14-11-10-13-22(25)3)34(20-8-2)29(37)26(33-30(38)39-31(4,5)6)21-23-15-17-24(35)18-16-23/h10-11,13-18,26-27,35H,7-9,12,19-21H2,1-6H3,(H,32,36)(H,33,38). The highest BCUT2D eigenvalue weighted by atomic mass is 16.6. The highest BCUT2D eigenvalue weighted by Crippen LogP contribution is 2.26. The topological polar surface area (TPSA) is 108 Å². The number of nitrogens with zero attached hydrogens (tertiary/aromatic N) is 1. The number of carbonyl (C=O) groups excluding carboxylic acids is 3. The molecule has 0 heterocycles. The number of hydrogen-bond donors (Lipinski definition) is 3. The van der Waals surface area contributed by atoms with E-state index >= 15 is 0 Å². The summed E-state index contributed by atoms with van der Waals surface area (Å²) >= 11 is 0. The molecule has 0 aromatic heterocycles. The first-order chi connectivity index (χ1) is 18.5. The van der Waals surface area contributed by atoms with Gasteiger partial charge in [0.25, 0.3) is 0 Å². The maximum atomic E-state index is 14.2. The van der Waals surface area contributed by atoms with E-state index in [4.69, 9.17) is 4.74 Å². The zero-order valence-electron chi connectivity index (χ0n) is 24.3. The van der Waals surface area contributed by atoms with Crippen LogP contribution in [0, 0.1) is 6.92 Å². The van der Waals surface area contributed by atoms with Gasteiger partial charge in [0, 0.05) is 19.5 Å². The van der Waals surface area contributed by atoms with Gasteiger partial charge < -0.3 is 25.4 Å². The molecule has 0 saturated carbocycles. The van der Waals surface area contributed by atoms with Crippen LogP contribution in [0.4, 0.5) is 4.79 Å². The number of phenols is 1. The van der Waals surface area contributed by atoms with E-state index in [1.807, 2.05) is 38.1 Å². The number of rotatable bonds is 13. The van der Waals surface area contributed by atoms with Crippen LogP contribution in [0.3, 0.4) is 0 Å². The van der Waals surface area contributed by atoms with Crippen molar-refractivity contribution in [2.75, 3.05) is 13.1 Å². The molecular weight excluding hydrogens is 494 g/mol. The molecule has 0 bridgehead atoms. The Morgan fingerprint density at radius 2 is 1.64 bits per heavy atom. The van der Waals surface area contributed by atoms with Gasteiger partial charge in [-0.1, -0.05) is 63.1 Å². The van der Waals surface area contributed by atoms with Gasteiger partial charge in [0.05, 0.1) is 0 Å². The van der Waals surface area contributed by atoms with E-state index in [-0.39, 0.29) is 24.0 Å². The summed E-state index contributed by atoms with van der Waals surface area (Å²) < 4.78 is 5.46. The fraction of sp³-hybridized carbons (Fsp3) is 0.516. The van der Waals surface area contributed by atoms with Crippen LogP contribution in [0.5, 0.6) is 5.75 Å². The smallest absolute Gasteiger partial charge is 0.408 e. The van der Waals surface area contributed by atoms with Crippen molar-refractivity contribution in [2.45, 2.75) is 91.3 Å². The summed E-state index contributed by atoms with van der Waals surface area (Å²) in [4.78, 5) is 42.3. The quantitative estimate of drug-likeness (QED) is 0.295. The molecule has 0 aliphatic carbocycles. The summed E-state index contributed by atoms with van der Waals surface area (Å²) in [6.45, 7) is 12.1. The lowest BCUT2D eigenvalue weighted by Crippen LogP contribution is -2.54. The molecule has 2 aromatic rings. The number of ether oxygens (including phenoxy) is 1. The number of unbranched alkanes of at least 4 members (excludes halogenated alkanes) is 2. The zero-order chi connectivity index (χ0) is 29.0. The van der Waals surface area contributed by atoms with E-state index in [9.17, 15) is 19.5 Å². The number of alkyl carbamates (subject to hydrolysis) is 1. The Morgan fingerprint density at radius 3 is 2.23 bits per heavy atom. The van der Waals surface area contributed by atoms with Gasteiger partial charge in [0.15, 0.2) is 0 Å². The molecule has 2 unspecified atom stereocenters. The van der Waals surface area contributed by atoms with Gasteiger partial charge in [-0.15, -0.1) is 0 Å². The van der Waals surface area contributed by atoms with E-state index in [2.05, 4.69) is 17.6 Å². The number of carbonyl (C=O) groups is 3. The molecule has 39 heavy (non-hydrogen) atoms. The summed E-state index contributed by atoms with van der Waals surface area (Å²) in [7, 11) is 0. The molecule has 0 radical (unpaired) electrons. The maximum Gasteiger partial charge on any atom is 0.408 e. The van der Waals surface area contributed by atoms with Gasteiger partial charge in [0.2, 0.25) is 11.8 Å². The molecule has 0 aliphatic heterocycles. The van der Waals surface area contributed by atoms with Gasteiger partial charge >= 0.3 is 6.09 Å². The first kappa shape index (κ1) is 31.7. The fourth-order valence-electron chi connectivity index (χ4n) is 4.35. The van der Waals surface area contributed by atoms with Crippen LogP contribution in [0.1, 0.15) is 83.0 Å². The maximum absolute atomic E-state index is 14.2. The zero-order valence-corrected chi connectivity index (χ0v) is 24.3. The van der Waals surface area contributed by atoms with Crippen LogP contribution in [-0.2, 0) is 20.7 Å². The molecule has 2 atom stereocenters. The van der Waals surface area contributed by atoms with Crippen LogP contribution in [-0.4, -0.2) is 52.6 Å². The molecule has 0 aliphatic rings. The summed E-state index contributed by atoms with van der Waals surface area (Å²) in [6.07, 6.45) is 2.96. The minimum Gasteiger partial charge on any atom is -0.508 e. The van der Waals surface area contributed by atoms with Crippen LogP contribution < -0.4 is 10.6 Å². The molecule has 0 fully saturated rings. The number of amides is 3. The van der Waals surface area contributed by atoms with E-state index in [0.29, 0.717) is 19.5 Å². The average molecular weight is 540 g/mol. The van der Waals surface area contributed by atoms with Crippen molar-refractivity contribution >= 4 is 17.9 Å². The van der Waals surface area contributed by atoms with Crippen molar-refractivity contribution in [1.82, 2.24) is 15.5 Å². The van der Waals surface area contributed by atoms with Crippen molar-refractivity contribution in [3.05, 3.63) is 65.2 Å². The predicted octanol–water partition coefficient (Wildman–Crippen LogP) is 5.42. The highest BCUT2D eigenvalue weighted by molar-refractivity contribution is 5.92. The summed E-state index contributed by atoms with van der Waals surface area (Å²) in [5.74, 6) is -0.524. The molecule has 8 heteroatoms. The molecule has 2 aromatic carbocycles. The van der Waals surface area contributed by atoms with Gasteiger partial charge in [-0.2, -0.15) is 0 Å². The van der Waals surface area contributed by atoms with Crippen molar-refractivity contribution in [3.63, 3.8) is 0 Å². The van der Waals surface area contributed by atoms with E-state index in [1.54, 1.807) is 37.8 Å². The lowest BCUT2D eigenvalue weighted by molar-refractivity contribution is -0.142. The van der Waals surface area contributed by atoms with Gasteiger partial charge in [-0.05, 0) is 69.4 Å². The molecular formula is C31H45N3O5. The predicted molar refractivity (Wildman–Crippen MR) is 153 cm³/mol. The lowest BCUT2D eigenvalue weighted by Gasteiger charge is -2.35. The van der Waals surface area contributed by atoms with Crippen molar-refractivity contribution in [2.24, 2.45) is 0 Å². The van der Waals surface area contributed by atoms with Crippen molar-refractivity contribution in [3.8, 4) is 5.75 Å². The number of hydrogen-bond acceptors (Lipinski definition) is 5. The number of nitrogens with one attached hydrogen (secondary N) is 2. The van der Waals surface area contributed by atoms with E-state index in [0.717, 1.165) is 36.0 Å². The summed E-state index contributed by atoms with van der Waals surface area (Å²) in [5.41, 5.74) is 1.64. The summed E-state index contributed by atoms with van der Waals surface area (Å²) in [6, 6.07) is 12.2. The van der Waals surface area contributed by atoms with Gasteiger partial charge in [0.1, 0.15) is 23.4 Å². The molecule has 8 nitrogen and oxygen atoms in total. The van der Waals surface area contributed by atoms with Crippen LogP contribution in [0.25, 0.3) is 0 Å². The fourth-order valence-corrected chi connectivity index (χ4v) is 4.35.